The maximum absolute atomic E-state index is 12.3. The van der Waals surface area contributed by atoms with Crippen molar-refractivity contribution in [2.24, 2.45) is 5.92 Å². The summed E-state index contributed by atoms with van der Waals surface area (Å²) in [5.41, 5.74) is 1.21. The molecule has 23 heavy (non-hydrogen) atoms. The second-order valence-corrected chi connectivity index (χ2v) is 7.18. The zero-order chi connectivity index (χ0) is 17.6. The van der Waals surface area contributed by atoms with Crippen LogP contribution in [-0.4, -0.2) is 23.6 Å². The van der Waals surface area contributed by atoms with E-state index in [4.69, 9.17) is 4.74 Å². The smallest absolute Gasteiger partial charge is 0.329 e. The number of nitrogens with one attached hydrogen (secondary N) is 2. The van der Waals surface area contributed by atoms with Crippen molar-refractivity contribution in [3.8, 4) is 0 Å². The zero-order valence-electron chi connectivity index (χ0n) is 14.9. The Balaban J connectivity index is 2.70. The lowest BCUT2D eigenvalue weighted by atomic mass is 10.0. The summed E-state index contributed by atoms with van der Waals surface area (Å²) >= 11 is 0. The number of urea groups is 1. The Kier molecular flexibility index (Phi) is 6.61. The minimum atomic E-state index is -0.667. The van der Waals surface area contributed by atoms with Crippen LogP contribution >= 0.6 is 0 Å². The first-order chi connectivity index (χ1) is 10.6. The largest absolute Gasteiger partial charge is 0.458 e. The van der Waals surface area contributed by atoms with Crippen LogP contribution in [0.2, 0.25) is 0 Å². The Labute approximate surface area is 138 Å². The van der Waals surface area contributed by atoms with E-state index in [9.17, 15) is 9.59 Å². The van der Waals surface area contributed by atoms with Crippen LogP contribution < -0.4 is 10.6 Å². The van der Waals surface area contributed by atoms with Crippen molar-refractivity contribution in [2.75, 3.05) is 5.32 Å². The molecule has 128 valence electrons. The molecular weight excluding hydrogens is 292 g/mol. The first-order valence-corrected chi connectivity index (χ1v) is 7.94. The molecular formula is C18H28N2O3. The summed E-state index contributed by atoms with van der Waals surface area (Å²) < 4.78 is 5.39. The van der Waals surface area contributed by atoms with Gasteiger partial charge in [0.15, 0.2) is 0 Å². The number of esters is 1. The van der Waals surface area contributed by atoms with E-state index in [-0.39, 0.29) is 5.92 Å². The number of aryl methyl sites for hydroxylation is 1. The van der Waals surface area contributed by atoms with Gasteiger partial charge in [0.2, 0.25) is 0 Å². The Hall–Kier alpha value is -2.04. The van der Waals surface area contributed by atoms with Gasteiger partial charge in [-0.05, 0) is 52.2 Å². The van der Waals surface area contributed by atoms with Crippen molar-refractivity contribution in [3.05, 3.63) is 29.8 Å². The maximum Gasteiger partial charge on any atom is 0.329 e. The first kappa shape index (κ1) is 19.0. The van der Waals surface area contributed by atoms with Crippen molar-refractivity contribution in [1.82, 2.24) is 5.32 Å². The topological polar surface area (TPSA) is 67.4 Å². The predicted octanol–water partition coefficient (Wildman–Crippen LogP) is 3.87. The van der Waals surface area contributed by atoms with E-state index in [1.165, 1.54) is 0 Å². The highest BCUT2D eigenvalue weighted by atomic mass is 16.6. The molecule has 5 heteroatoms. The lowest BCUT2D eigenvalue weighted by molar-refractivity contribution is -0.157. The van der Waals surface area contributed by atoms with Gasteiger partial charge >= 0.3 is 12.0 Å². The molecule has 0 aliphatic heterocycles. The number of hydrogen-bond acceptors (Lipinski definition) is 3. The van der Waals surface area contributed by atoms with Crippen LogP contribution in [0.1, 0.15) is 46.6 Å². The fourth-order valence-corrected chi connectivity index (χ4v) is 2.02. The fraction of sp³-hybridized carbons (Fsp3) is 0.556. The number of hydrogen-bond donors (Lipinski definition) is 2. The molecule has 2 amide bonds. The van der Waals surface area contributed by atoms with E-state index in [0.717, 1.165) is 5.56 Å². The molecule has 0 fully saturated rings. The molecule has 0 aliphatic rings. The van der Waals surface area contributed by atoms with E-state index in [2.05, 4.69) is 10.6 Å². The van der Waals surface area contributed by atoms with Gasteiger partial charge in [0, 0.05) is 5.69 Å². The van der Waals surface area contributed by atoms with Crippen LogP contribution in [0.4, 0.5) is 10.5 Å². The summed E-state index contributed by atoms with van der Waals surface area (Å²) in [6.45, 7) is 11.4. The molecule has 0 aromatic heterocycles. The number of amides is 2. The number of benzene rings is 1. The van der Waals surface area contributed by atoms with Crippen molar-refractivity contribution in [3.63, 3.8) is 0 Å². The summed E-state index contributed by atoms with van der Waals surface area (Å²) in [4.78, 5) is 24.4. The minimum Gasteiger partial charge on any atom is -0.458 e. The van der Waals surface area contributed by atoms with E-state index in [1.54, 1.807) is 0 Å². The molecule has 0 spiro atoms. The number of carbonyl (C=O) groups excluding carboxylic acids is 2. The number of ether oxygens (including phenoxy) is 1. The summed E-state index contributed by atoms with van der Waals surface area (Å²) in [7, 11) is 0. The van der Waals surface area contributed by atoms with Crippen molar-refractivity contribution in [2.45, 2.75) is 59.6 Å². The monoisotopic (exact) mass is 320 g/mol. The molecule has 1 rings (SSSR count). The number of anilines is 1. The highest BCUT2D eigenvalue weighted by Crippen LogP contribution is 2.13. The first-order valence-electron chi connectivity index (χ1n) is 7.94. The average Bonchev–Trinajstić information content (AvgIpc) is 2.38. The Morgan fingerprint density at radius 3 is 2.17 bits per heavy atom. The zero-order valence-corrected chi connectivity index (χ0v) is 14.9. The normalized spacial score (nSPS) is 12.7. The third-order valence-corrected chi connectivity index (χ3v) is 3.01. The van der Waals surface area contributed by atoms with Crippen LogP contribution in [0, 0.1) is 12.8 Å². The summed E-state index contributed by atoms with van der Waals surface area (Å²) in [6, 6.07) is 6.38. The third kappa shape index (κ3) is 7.68. The molecule has 0 heterocycles. The Bertz CT molecular complexity index is 530. The van der Waals surface area contributed by atoms with Crippen molar-refractivity contribution in [1.29, 1.82) is 0 Å². The molecule has 0 saturated carbocycles. The SMILES string of the molecule is Cc1ccc(NC(=O)N[C@@H](CC(C)C)C(=O)OC(C)(C)C)cc1. The van der Waals surface area contributed by atoms with Crippen molar-refractivity contribution >= 4 is 17.7 Å². The molecule has 0 unspecified atom stereocenters. The van der Waals surface area contributed by atoms with Gasteiger partial charge in [0.25, 0.3) is 0 Å². The molecule has 0 saturated heterocycles. The van der Waals surface area contributed by atoms with Crippen LogP contribution in [0.3, 0.4) is 0 Å². The van der Waals surface area contributed by atoms with Crippen LogP contribution in [0.15, 0.2) is 24.3 Å². The van der Waals surface area contributed by atoms with E-state index < -0.39 is 23.6 Å². The van der Waals surface area contributed by atoms with Crippen LogP contribution in [0.25, 0.3) is 0 Å². The molecule has 5 nitrogen and oxygen atoms in total. The number of rotatable bonds is 5. The summed E-state index contributed by atoms with van der Waals surface area (Å²) in [5, 5.41) is 5.44. The Morgan fingerprint density at radius 2 is 1.70 bits per heavy atom. The molecule has 2 N–H and O–H groups in total. The van der Waals surface area contributed by atoms with Crippen molar-refractivity contribution < 1.29 is 14.3 Å². The number of carbonyl (C=O) groups is 2. The molecule has 0 bridgehead atoms. The van der Waals surface area contributed by atoms with Gasteiger partial charge < -0.3 is 15.4 Å². The average molecular weight is 320 g/mol. The van der Waals surface area contributed by atoms with Crippen LogP contribution in [0.5, 0.6) is 0 Å². The molecule has 1 atom stereocenters. The second kappa shape index (κ2) is 7.99. The quantitative estimate of drug-likeness (QED) is 0.809. The van der Waals surface area contributed by atoms with Gasteiger partial charge in [-0.15, -0.1) is 0 Å². The van der Waals surface area contributed by atoms with E-state index in [1.807, 2.05) is 65.8 Å². The van der Waals surface area contributed by atoms with Gasteiger partial charge in [0.1, 0.15) is 11.6 Å². The Morgan fingerprint density at radius 1 is 1.13 bits per heavy atom. The predicted molar refractivity (Wildman–Crippen MR) is 92.4 cm³/mol. The molecule has 0 radical (unpaired) electrons. The maximum atomic E-state index is 12.3. The van der Waals surface area contributed by atoms with Gasteiger partial charge in [-0.2, -0.15) is 0 Å². The van der Waals surface area contributed by atoms with Gasteiger partial charge in [-0.1, -0.05) is 31.5 Å². The highest BCUT2D eigenvalue weighted by Gasteiger charge is 2.27. The summed E-state index contributed by atoms with van der Waals surface area (Å²) in [6.07, 6.45) is 0.524. The highest BCUT2D eigenvalue weighted by molar-refractivity contribution is 5.92. The summed E-state index contributed by atoms with van der Waals surface area (Å²) in [5.74, 6) is -0.155. The third-order valence-electron chi connectivity index (χ3n) is 3.01. The van der Waals surface area contributed by atoms with Gasteiger partial charge in [0.05, 0.1) is 0 Å². The molecule has 0 aliphatic carbocycles. The van der Waals surface area contributed by atoms with E-state index >= 15 is 0 Å². The lowest BCUT2D eigenvalue weighted by Crippen LogP contribution is -2.46. The minimum absolute atomic E-state index is 0.257. The second-order valence-electron chi connectivity index (χ2n) is 7.18. The van der Waals surface area contributed by atoms with Gasteiger partial charge in [-0.3, -0.25) is 0 Å². The fourth-order valence-electron chi connectivity index (χ4n) is 2.02. The van der Waals surface area contributed by atoms with Gasteiger partial charge in [-0.25, -0.2) is 9.59 Å². The standard InChI is InChI=1S/C18H28N2O3/c1-12(2)11-15(16(21)23-18(4,5)6)20-17(22)19-14-9-7-13(3)8-10-14/h7-10,12,15H,11H2,1-6H3,(H2,19,20,22)/t15-/m0/s1. The van der Waals surface area contributed by atoms with E-state index in [0.29, 0.717) is 12.1 Å². The van der Waals surface area contributed by atoms with Crippen LogP contribution in [-0.2, 0) is 9.53 Å². The molecule has 1 aromatic rings. The molecule has 1 aromatic carbocycles. The lowest BCUT2D eigenvalue weighted by Gasteiger charge is -2.25.